The van der Waals surface area contributed by atoms with Gasteiger partial charge in [-0.3, -0.25) is 4.90 Å². The predicted molar refractivity (Wildman–Crippen MR) is 95.2 cm³/mol. The number of hydrogen-bond donors (Lipinski definition) is 2. The van der Waals surface area contributed by atoms with Gasteiger partial charge in [0.25, 0.3) is 0 Å². The molecule has 1 aromatic heterocycles. The molecule has 2 atom stereocenters. The van der Waals surface area contributed by atoms with E-state index in [1.807, 2.05) is 13.1 Å². The Bertz CT molecular complexity index is 498. The number of nitrogens with zero attached hydrogens (tertiary/aromatic N) is 3. The summed E-state index contributed by atoms with van der Waals surface area (Å²) in [6, 6.07) is 0.0579. The molecule has 23 heavy (non-hydrogen) atoms. The summed E-state index contributed by atoms with van der Waals surface area (Å²) in [7, 11) is 2.15. The Kier molecular flexibility index (Phi) is 6.80. The fraction of sp³-hybridized carbons (Fsp3) is 0.750. The summed E-state index contributed by atoms with van der Waals surface area (Å²) >= 11 is 1.69. The van der Waals surface area contributed by atoms with E-state index in [1.54, 1.807) is 11.3 Å². The third-order valence-electron chi connectivity index (χ3n) is 4.13. The summed E-state index contributed by atoms with van der Waals surface area (Å²) in [5.74, 6) is 0.243. The van der Waals surface area contributed by atoms with Crippen LogP contribution in [0.3, 0.4) is 0 Å². The van der Waals surface area contributed by atoms with Crippen LogP contribution in [0.1, 0.15) is 29.7 Å². The second kappa shape index (κ2) is 8.61. The Morgan fingerprint density at radius 3 is 2.65 bits per heavy atom. The van der Waals surface area contributed by atoms with Gasteiger partial charge in [-0.15, -0.1) is 11.3 Å². The van der Waals surface area contributed by atoms with Crippen molar-refractivity contribution in [2.45, 2.75) is 32.7 Å². The van der Waals surface area contributed by atoms with Gasteiger partial charge in [-0.1, -0.05) is 6.92 Å². The Hall–Kier alpha value is -1.18. The molecule has 6 nitrogen and oxygen atoms in total. The van der Waals surface area contributed by atoms with Gasteiger partial charge in [-0.25, -0.2) is 9.78 Å². The number of carbonyl (C=O) groups is 1. The maximum absolute atomic E-state index is 12.0. The van der Waals surface area contributed by atoms with E-state index in [2.05, 4.69) is 46.3 Å². The second-order valence-corrected chi connectivity index (χ2v) is 7.84. The smallest absolute Gasteiger partial charge is 0.315 e. The fourth-order valence-electron chi connectivity index (χ4n) is 2.67. The number of aromatic nitrogens is 1. The van der Waals surface area contributed by atoms with Crippen LogP contribution in [0.2, 0.25) is 0 Å². The molecule has 0 radical (unpaired) electrons. The summed E-state index contributed by atoms with van der Waals surface area (Å²) < 4.78 is 0. The number of rotatable bonds is 6. The zero-order valence-corrected chi connectivity index (χ0v) is 15.4. The number of aryl methyl sites for hydroxylation is 1. The van der Waals surface area contributed by atoms with E-state index in [0.717, 1.165) is 37.7 Å². The number of amides is 2. The minimum atomic E-state index is -0.0910. The van der Waals surface area contributed by atoms with E-state index in [-0.39, 0.29) is 18.0 Å². The topological polar surface area (TPSA) is 60.5 Å². The predicted octanol–water partition coefficient (Wildman–Crippen LogP) is 1.49. The largest absolute Gasteiger partial charge is 0.337 e. The molecule has 1 aromatic rings. The van der Waals surface area contributed by atoms with Crippen LogP contribution in [0.4, 0.5) is 4.79 Å². The molecular weight excluding hydrogens is 310 g/mol. The Balaban J connectivity index is 1.65. The first kappa shape index (κ1) is 18.2. The van der Waals surface area contributed by atoms with Crippen molar-refractivity contribution in [3.8, 4) is 0 Å². The van der Waals surface area contributed by atoms with Crippen LogP contribution in [-0.4, -0.2) is 73.2 Å². The maximum Gasteiger partial charge on any atom is 0.315 e. The van der Waals surface area contributed by atoms with Crippen molar-refractivity contribution in [3.63, 3.8) is 0 Å². The second-order valence-electron chi connectivity index (χ2n) is 6.57. The minimum Gasteiger partial charge on any atom is -0.337 e. The summed E-state index contributed by atoms with van der Waals surface area (Å²) in [4.78, 5) is 22.3. The number of hydrogen-bond acceptors (Lipinski definition) is 5. The number of likely N-dealkylation sites (N-methyl/N-ethyl adjacent to an activating group) is 1. The summed E-state index contributed by atoms with van der Waals surface area (Å²) in [6.45, 7) is 12.1. The van der Waals surface area contributed by atoms with Crippen LogP contribution in [-0.2, 0) is 0 Å². The van der Waals surface area contributed by atoms with Crippen molar-refractivity contribution in [3.05, 3.63) is 16.1 Å². The third kappa shape index (κ3) is 6.08. The first-order valence-corrected chi connectivity index (χ1v) is 9.13. The highest BCUT2D eigenvalue weighted by molar-refractivity contribution is 7.11. The van der Waals surface area contributed by atoms with Crippen LogP contribution in [0, 0.1) is 6.92 Å². The Morgan fingerprint density at radius 1 is 1.35 bits per heavy atom. The number of thiazole rings is 1. The van der Waals surface area contributed by atoms with Gasteiger partial charge in [0.2, 0.25) is 0 Å². The molecule has 0 bridgehead atoms. The lowest BCUT2D eigenvalue weighted by molar-refractivity contribution is 0.144. The molecule has 130 valence electrons. The zero-order valence-electron chi connectivity index (χ0n) is 14.6. The highest BCUT2D eigenvalue weighted by Gasteiger charge is 2.17. The first-order chi connectivity index (χ1) is 10.9. The molecule has 7 heteroatoms. The molecule has 0 spiro atoms. The molecule has 0 aromatic carbocycles. The number of nitrogens with one attached hydrogen (secondary N) is 2. The SMILES string of the molecule is Cc1cnc([C@H](C)CNC(=O)N[C@@H](C)CN2CCN(C)CC2)s1. The van der Waals surface area contributed by atoms with Crippen LogP contribution in [0.15, 0.2) is 6.20 Å². The van der Waals surface area contributed by atoms with Crippen LogP contribution >= 0.6 is 11.3 Å². The van der Waals surface area contributed by atoms with Gasteiger partial charge in [0.15, 0.2) is 0 Å². The number of urea groups is 1. The normalized spacial score (nSPS) is 19.3. The van der Waals surface area contributed by atoms with Crippen molar-refractivity contribution < 1.29 is 4.79 Å². The average molecular weight is 340 g/mol. The molecule has 2 amide bonds. The van der Waals surface area contributed by atoms with Gasteiger partial charge >= 0.3 is 6.03 Å². The Morgan fingerprint density at radius 2 is 2.04 bits per heavy atom. The summed E-state index contributed by atoms with van der Waals surface area (Å²) in [5, 5.41) is 7.06. The monoisotopic (exact) mass is 339 g/mol. The fourth-order valence-corrected chi connectivity index (χ4v) is 3.50. The van der Waals surface area contributed by atoms with E-state index in [0.29, 0.717) is 6.54 Å². The molecule has 0 aliphatic carbocycles. The molecule has 1 aliphatic heterocycles. The van der Waals surface area contributed by atoms with E-state index in [4.69, 9.17) is 0 Å². The molecule has 1 saturated heterocycles. The van der Waals surface area contributed by atoms with Crippen molar-refractivity contribution in [2.24, 2.45) is 0 Å². The molecule has 0 saturated carbocycles. The molecular formula is C16H29N5OS. The van der Waals surface area contributed by atoms with Gasteiger partial charge in [0.1, 0.15) is 0 Å². The average Bonchev–Trinajstić information content (AvgIpc) is 2.94. The summed E-state index contributed by atoms with van der Waals surface area (Å²) in [5.41, 5.74) is 0. The quantitative estimate of drug-likeness (QED) is 0.824. The van der Waals surface area contributed by atoms with Gasteiger partial charge in [0, 0.05) is 62.3 Å². The van der Waals surface area contributed by atoms with Crippen LogP contribution in [0.5, 0.6) is 0 Å². The van der Waals surface area contributed by atoms with Crippen molar-refractivity contribution >= 4 is 17.4 Å². The van der Waals surface area contributed by atoms with E-state index >= 15 is 0 Å². The van der Waals surface area contributed by atoms with E-state index in [9.17, 15) is 4.79 Å². The van der Waals surface area contributed by atoms with Gasteiger partial charge in [0.05, 0.1) is 5.01 Å². The van der Waals surface area contributed by atoms with E-state index in [1.165, 1.54) is 4.88 Å². The van der Waals surface area contributed by atoms with Crippen molar-refractivity contribution in [1.29, 1.82) is 0 Å². The van der Waals surface area contributed by atoms with Crippen LogP contribution in [0.25, 0.3) is 0 Å². The standard InChI is InChI=1S/C16H29N5OS/c1-12(15-17-10-14(3)23-15)9-18-16(22)19-13(2)11-21-7-5-20(4)6-8-21/h10,12-13H,5-9,11H2,1-4H3,(H2,18,19,22)/t12-,13+/m1/s1. The van der Waals surface area contributed by atoms with Gasteiger partial charge in [-0.05, 0) is 20.9 Å². The molecule has 2 N–H and O–H groups in total. The number of piperazine rings is 1. The lowest BCUT2D eigenvalue weighted by Crippen LogP contribution is -2.51. The lowest BCUT2D eigenvalue weighted by atomic mass is 10.2. The summed E-state index contributed by atoms with van der Waals surface area (Å²) in [6.07, 6.45) is 1.88. The van der Waals surface area contributed by atoms with Crippen LogP contribution < -0.4 is 10.6 Å². The Labute approximate surface area is 143 Å². The first-order valence-electron chi connectivity index (χ1n) is 8.31. The zero-order chi connectivity index (χ0) is 16.8. The third-order valence-corrected chi connectivity index (χ3v) is 5.28. The van der Waals surface area contributed by atoms with E-state index < -0.39 is 0 Å². The number of carbonyl (C=O) groups excluding carboxylic acids is 1. The van der Waals surface area contributed by atoms with Crippen molar-refractivity contribution in [2.75, 3.05) is 46.3 Å². The molecule has 0 unspecified atom stereocenters. The molecule has 1 aliphatic rings. The minimum absolute atomic E-state index is 0.0910. The highest BCUT2D eigenvalue weighted by atomic mass is 32.1. The lowest BCUT2D eigenvalue weighted by Gasteiger charge is -2.34. The van der Waals surface area contributed by atoms with Gasteiger partial charge in [-0.2, -0.15) is 0 Å². The van der Waals surface area contributed by atoms with Crippen molar-refractivity contribution in [1.82, 2.24) is 25.4 Å². The maximum atomic E-state index is 12.0. The van der Waals surface area contributed by atoms with Gasteiger partial charge < -0.3 is 15.5 Å². The molecule has 1 fully saturated rings. The highest BCUT2D eigenvalue weighted by Crippen LogP contribution is 2.20. The molecule has 2 heterocycles. The molecule has 2 rings (SSSR count).